The first-order valence-electron chi connectivity index (χ1n) is 11.3. The van der Waals surface area contributed by atoms with E-state index in [9.17, 15) is 9.59 Å². The molecule has 31 heavy (non-hydrogen) atoms. The molecule has 4 rings (SSSR count). The number of piperidine rings is 1. The van der Waals surface area contributed by atoms with Crippen molar-refractivity contribution in [3.63, 3.8) is 0 Å². The van der Waals surface area contributed by atoms with Crippen LogP contribution in [0, 0.1) is 5.41 Å². The molecule has 3 aliphatic rings. The van der Waals surface area contributed by atoms with Crippen LogP contribution in [0.3, 0.4) is 0 Å². The molecule has 2 heterocycles. The summed E-state index contributed by atoms with van der Waals surface area (Å²) in [4.78, 5) is 31.7. The van der Waals surface area contributed by atoms with Gasteiger partial charge in [0.1, 0.15) is 11.6 Å². The lowest BCUT2D eigenvalue weighted by atomic mass is 9.59. The maximum absolute atomic E-state index is 13.1. The van der Waals surface area contributed by atoms with Gasteiger partial charge in [0.25, 0.3) is 0 Å². The van der Waals surface area contributed by atoms with Crippen molar-refractivity contribution in [3.8, 4) is 0 Å². The van der Waals surface area contributed by atoms with Gasteiger partial charge in [-0.25, -0.2) is 4.79 Å². The molecule has 0 aromatic heterocycles. The number of carbonyl (C=O) groups excluding carboxylic acids is 2. The molecule has 0 radical (unpaired) electrons. The van der Waals surface area contributed by atoms with Crippen LogP contribution in [0.2, 0.25) is 0 Å². The largest absolute Gasteiger partial charge is 0.444 e. The normalized spacial score (nSPS) is 24.9. The van der Waals surface area contributed by atoms with E-state index in [1.165, 1.54) is 0 Å². The van der Waals surface area contributed by atoms with Gasteiger partial charge in [-0.3, -0.25) is 9.69 Å². The number of hydrogen-bond donors (Lipinski definition) is 0. The predicted octanol–water partition coefficient (Wildman–Crippen LogP) is 4.44. The van der Waals surface area contributed by atoms with Crippen molar-refractivity contribution < 1.29 is 14.3 Å². The summed E-state index contributed by atoms with van der Waals surface area (Å²) >= 11 is 3.66. The van der Waals surface area contributed by atoms with Crippen LogP contribution < -0.4 is 0 Å². The van der Waals surface area contributed by atoms with Crippen molar-refractivity contribution in [1.82, 2.24) is 14.7 Å². The van der Waals surface area contributed by atoms with Gasteiger partial charge in [0.15, 0.2) is 0 Å². The Balaban J connectivity index is 1.40. The van der Waals surface area contributed by atoms with E-state index in [0.29, 0.717) is 11.5 Å². The molecule has 6 nitrogen and oxygen atoms in total. The van der Waals surface area contributed by atoms with Gasteiger partial charge < -0.3 is 14.5 Å². The van der Waals surface area contributed by atoms with Gasteiger partial charge in [0.2, 0.25) is 5.91 Å². The topological polar surface area (TPSA) is 53.1 Å². The fourth-order valence-corrected chi connectivity index (χ4v) is 5.83. The van der Waals surface area contributed by atoms with Crippen LogP contribution in [0.5, 0.6) is 0 Å². The van der Waals surface area contributed by atoms with Crippen LogP contribution in [0.1, 0.15) is 58.1 Å². The monoisotopic (exact) mass is 491 g/mol. The molecule has 1 unspecified atom stereocenters. The third-order valence-electron chi connectivity index (χ3n) is 7.12. The second-order valence-electron chi connectivity index (χ2n) is 10.5. The van der Waals surface area contributed by atoms with E-state index < -0.39 is 5.60 Å². The lowest BCUT2D eigenvalue weighted by Crippen LogP contribution is -2.61. The zero-order valence-corrected chi connectivity index (χ0v) is 20.7. The standard InChI is InChI=1S/C24H34BrN3O3/c1-23(2,3)31-22(30)27-11-9-24(10-12-27)15-17(16-24)28-14-13-26(4)21(29)20(28)18-7-5-6-8-19(18)25/h5-8,17,20H,9-16H2,1-4H3. The van der Waals surface area contributed by atoms with Crippen molar-refractivity contribution in [2.45, 2.75) is 64.1 Å². The number of nitrogens with zero attached hydrogens (tertiary/aromatic N) is 3. The van der Waals surface area contributed by atoms with E-state index in [1.807, 2.05) is 55.8 Å². The number of rotatable bonds is 2. The number of amides is 2. The first kappa shape index (κ1) is 22.6. The number of piperazine rings is 1. The Kier molecular flexibility index (Phi) is 6.12. The van der Waals surface area contributed by atoms with E-state index >= 15 is 0 Å². The predicted molar refractivity (Wildman–Crippen MR) is 124 cm³/mol. The van der Waals surface area contributed by atoms with Crippen LogP contribution in [0.25, 0.3) is 0 Å². The average molecular weight is 492 g/mol. The Bertz CT molecular complexity index is 837. The Morgan fingerprint density at radius 3 is 2.35 bits per heavy atom. The highest BCUT2D eigenvalue weighted by molar-refractivity contribution is 9.10. The maximum atomic E-state index is 13.1. The summed E-state index contributed by atoms with van der Waals surface area (Å²) in [6.07, 6.45) is 4.05. The van der Waals surface area contributed by atoms with Gasteiger partial charge in [-0.05, 0) is 63.5 Å². The summed E-state index contributed by atoms with van der Waals surface area (Å²) in [7, 11) is 1.90. The molecule has 2 aliphatic heterocycles. The molecule has 170 valence electrons. The fraction of sp³-hybridized carbons (Fsp3) is 0.667. The summed E-state index contributed by atoms with van der Waals surface area (Å²) in [6, 6.07) is 8.28. The fourth-order valence-electron chi connectivity index (χ4n) is 5.33. The lowest BCUT2D eigenvalue weighted by Gasteiger charge is -2.57. The number of likely N-dealkylation sites (tertiary alicyclic amines) is 1. The Morgan fingerprint density at radius 2 is 1.74 bits per heavy atom. The smallest absolute Gasteiger partial charge is 0.410 e. The third kappa shape index (κ3) is 4.63. The summed E-state index contributed by atoms with van der Waals surface area (Å²) in [5.74, 6) is 0.179. The quantitative estimate of drug-likeness (QED) is 0.613. The van der Waals surface area contributed by atoms with Gasteiger partial charge in [-0.2, -0.15) is 0 Å². The van der Waals surface area contributed by atoms with E-state index in [1.54, 1.807) is 0 Å². The lowest BCUT2D eigenvalue weighted by molar-refractivity contribution is -0.148. The van der Waals surface area contributed by atoms with Crippen LogP contribution in [-0.4, -0.2) is 71.6 Å². The van der Waals surface area contributed by atoms with E-state index in [2.05, 4.69) is 26.9 Å². The first-order chi connectivity index (χ1) is 14.6. The van der Waals surface area contributed by atoms with Crippen LogP contribution in [-0.2, 0) is 9.53 Å². The number of hydrogen-bond acceptors (Lipinski definition) is 4. The summed E-state index contributed by atoms with van der Waals surface area (Å²) in [5.41, 5.74) is 0.899. The van der Waals surface area contributed by atoms with Gasteiger partial charge in [-0.15, -0.1) is 0 Å². The van der Waals surface area contributed by atoms with Crippen molar-refractivity contribution in [2.75, 3.05) is 33.2 Å². The second-order valence-corrected chi connectivity index (χ2v) is 11.3. The van der Waals surface area contributed by atoms with Crippen molar-refractivity contribution >= 4 is 27.9 Å². The highest BCUT2D eigenvalue weighted by atomic mass is 79.9. The number of benzene rings is 1. The molecule has 0 N–H and O–H groups in total. The minimum Gasteiger partial charge on any atom is -0.444 e. The molecule has 1 atom stereocenters. The second kappa shape index (κ2) is 8.39. The zero-order chi connectivity index (χ0) is 22.4. The molecule has 2 saturated heterocycles. The van der Waals surface area contributed by atoms with Gasteiger partial charge in [0.05, 0.1) is 0 Å². The Labute approximate surface area is 194 Å². The molecule has 1 spiro atoms. The molecule has 1 aromatic rings. The highest BCUT2D eigenvalue weighted by Crippen LogP contribution is 2.53. The molecule has 1 aliphatic carbocycles. The van der Waals surface area contributed by atoms with Gasteiger partial charge in [0, 0.05) is 43.7 Å². The van der Waals surface area contributed by atoms with Crippen LogP contribution >= 0.6 is 15.9 Å². The Morgan fingerprint density at radius 1 is 1.10 bits per heavy atom. The van der Waals surface area contributed by atoms with Crippen LogP contribution in [0.15, 0.2) is 28.7 Å². The molecule has 2 amide bonds. The third-order valence-corrected chi connectivity index (χ3v) is 7.84. The molecule has 1 saturated carbocycles. The molecular weight excluding hydrogens is 458 g/mol. The number of likely N-dealkylation sites (N-methyl/N-ethyl adjacent to an activating group) is 1. The van der Waals surface area contributed by atoms with Crippen molar-refractivity contribution in [1.29, 1.82) is 0 Å². The molecule has 0 bridgehead atoms. The SMILES string of the molecule is CN1CCN(C2CC3(CCN(C(=O)OC(C)(C)C)CC3)C2)C(c2ccccc2Br)C1=O. The highest BCUT2D eigenvalue weighted by Gasteiger charge is 2.51. The number of carbonyl (C=O) groups is 2. The number of halogens is 1. The van der Waals surface area contributed by atoms with E-state index in [-0.39, 0.29) is 18.0 Å². The zero-order valence-electron chi connectivity index (χ0n) is 19.1. The Hall–Kier alpha value is -1.60. The van der Waals surface area contributed by atoms with E-state index in [0.717, 1.165) is 61.9 Å². The number of ether oxygens (including phenoxy) is 1. The molecular formula is C24H34BrN3O3. The van der Waals surface area contributed by atoms with Crippen LogP contribution in [0.4, 0.5) is 4.79 Å². The first-order valence-corrected chi connectivity index (χ1v) is 12.1. The van der Waals surface area contributed by atoms with Crippen molar-refractivity contribution in [2.24, 2.45) is 5.41 Å². The molecule has 1 aromatic carbocycles. The summed E-state index contributed by atoms with van der Waals surface area (Å²) in [6.45, 7) is 8.92. The maximum Gasteiger partial charge on any atom is 0.410 e. The van der Waals surface area contributed by atoms with Crippen molar-refractivity contribution in [3.05, 3.63) is 34.3 Å². The van der Waals surface area contributed by atoms with Gasteiger partial charge >= 0.3 is 6.09 Å². The van der Waals surface area contributed by atoms with Gasteiger partial charge in [-0.1, -0.05) is 34.1 Å². The summed E-state index contributed by atoms with van der Waals surface area (Å²) < 4.78 is 6.54. The van der Waals surface area contributed by atoms with E-state index in [4.69, 9.17) is 4.74 Å². The molecule has 7 heteroatoms. The minimum atomic E-state index is -0.456. The average Bonchev–Trinajstić information content (AvgIpc) is 2.68. The summed E-state index contributed by atoms with van der Waals surface area (Å²) in [5, 5.41) is 0. The minimum absolute atomic E-state index is 0.179. The molecule has 3 fully saturated rings.